The van der Waals surface area contributed by atoms with Crippen molar-refractivity contribution in [2.45, 2.75) is 19.4 Å². The van der Waals surface area contributed by atoms with E-state index in [-0.39, 0.29) is 17.6 Å². The maximum absolute atomic E-state index is 14.0. The van der Waals surface area contributed by atoms with E-state index in [1.165, 1.54) is 16.8 Å². The van der Waals surface area contributed by atoms with Gasteiger partial charge < -0.3 is 10.2 Å². The lowest BCUT2D eigenvalue weighted by atomic mass is 10.2. The first-order valence-electron chi connectivity index (χ1n) is 8.85. The molecule has 10 heteroatoms. The number of aromatic nitrogens is 5. The Labute approximate surface area is 159 Å². The fraction of sp³-hybridized carbons (Fsp3) is 0.333. The lowest BCUT2D eigenvalue weighted by molar-refractivity contribution is 0.0934. The Balaban J connectivity index is 1.44. The third-order valence-corrected chi connectivity index (χ3v) is 4.80. The number of hydrogen-bond donors (Lipinski definition) is 1. The average molecular weight is 387 g/mol. The van der Waals surface area contributed by atoms with E-state index in [0.29, 0.717) is 36.7 Å². The van der Waals surface area contributed by atoms with Gasteiger partial charge in [0.1, 0.15) is 11.6 Å². The zero-order chi connectivity index (χ0) is 19.8. The van der Waals surface area contributed by atoms with Crippen molar-refractivity contribution in [1.29, 1.82) is 0 Å². The first kappa shape index (κ1) is 18.1. The largest absolute Gasteiger partial charge is 0.367 e. The Hall–Kier alpha value is -3.30. The van der Waals surface area contributed by atoms with Gasteiger partial charge in [-0.25, -0.2) is 8.78 Å². The van der Waals surface area contributed by atoms with Crippen LogP contribution in [-0.4, -0.2) is 49.8 Å². The molecule has 1 aliphatic rings. The van der Waals surface area contributed by atoms with Crippen molar-refractivity contribution in [3.8, 4) is 5.82 Å². The molecular formula is C18H19F2N7O. The Bertz CT molecular complexity index is 1030. The molecule has 0 bridgehead atoms. The molecule has 1 saturated heterocycles. The molecule has 28 heavy (non-hydrogen) atoms. The summed E-state index contributed by atoms with van der Waals surface area (Å²) in [4.78, 5) is 14.4. The number of anilines is 1. The number of rotatable bonds is 4. The smallest absolute Gasteiger partial charge is 0.274 e. The van der Waals surface area contributed by atoms with Crippen LogP contribution in [0.15, 0.2) is 30.5 Å². The number of carbonyl (C=O) groups excluding carboxylic acids is 1. The SMILES string of the molecule is Cc1c(C(=O)NC2CCN(c3ccc(F)cc3F)C2)nnn1-c1ccn(C)n1. The summed E-state index contributed by atoms with van der Waals surface area (Å²) in [6.07, 6.45) is 2.42. The second kappa shape index (κ2) is 7.02. The van der Waals surface area contributed by atoms with Crippen LogP contribution in [0.2, 0.25) is 0 Å². The summed E-state index contributed by atoms with van der Waals surface area (Å²) >= 11 is 0. The van der Waals surface area contributed by atoms with Crippen molar-refractivity contribution in [3.63, 3.8) is 0 Å². The molecule has 1 fully saturated rings. The molecule has 3 aromatic rings. The van der Waals surface area contributed by atoms with Crippen molar-refractivity contribution in [3.05, 3.63) is 53.5 Å². The zero-order valence-corrected chi connectivity index (χ0v) is 15.4. The molecule has 2 aromatic heterocycles. The minimum Gasteiger partial charge on any atom is -0.367 e. The van der Waals surface area contributed by atoms with Crippen molar-refractivity contribution in [2.75, 3.05) is 18.0 Å². The molecule has 1 N–H and O–H groups in total. The standard InChI is InChI=1S/C18H19F2N7O/c1-11-17(22-24-27(11)16-6-7-25(2)23-16)18(28)21-13-5-8-26(10-13)15-4-3-12(19)9-14(15)20/h3-4,6-7,9,13H,5,8,10H2,1-2H3,(H,21,28). The molecule has 0 saturated carbocycles. The molecule has 1 aliphatic heterocycles. The van der Waals surface area contributed by atoms with Crippen LogP contribution in [0.25, 0.3) is 5.82 Å². The number of benzene rings is 1. The predicted molar refractivity (Wildman–Crippen MR) is 97.3 cm³/mol. The summed E-state index contributed by atoms with van der Waals surface area (Å²) in [5, 5.41) is 15.2. The highest BCUT2D eigenvalue weighted by Gasteiger charge is 2.28. The number of carbonyl (C=O) groups is 1. The van der Waals surface area contributed by atoms with Gasteiger partial charge >= 0.3 is 0 Å². The molecule has 0 radical (unpaired) electrons. The van der Waals surface area contributed by atoms with Gasteiger partial charge in [-0.15, -0.1) is 5.10 Å². The summed E-state index contributed by atoms with van der Waals surface area (Å²) in [5.41, 5.74) is 1.13. The van der Waals surface area contributed by atoms with Gasteiger partial charge in [0.2, 0.25) is 0 Å². The van der Waals surface area contributed by atoms with E-state index in [4.69, 9.17) is 0 Å². The fourth-order valence-electron chi connectivity index (χ4n) is 3.36. The van der Waals surface area contributed by atoms with Gasteiger partial charge in [-0.2, -0.15) is 9.78 Å². The highest BCUT2D eigenvalue weighted by Crippen LogP contribution is 2.24. The van der Waals surface area contributed by atoms with Crippen molar-refractivity contribution in [2.24, 2.45) is 7.05 Å². The van der Waals surface area contributed by atoms with Crippen LogP contribution in [0.1, 0.15) is 22.6 Å². The van der Waals surface area contributed by atoms with Crippen LogP contribution in [0.5, 0.6) is 0 Å². The molecule has 4 rings (SSSR count). The molecule has 146 valence electrons. The van der Waals surface area contributed by atoms with Crippen molar-refractivity contribution < 1.29 is 13.6 Å². The van der Waals surface area contributed by atoms with Gasteiger partial charge in [-0.3, -0.25) is 9.48 Å². The van der Waals surface area contributed by atoms with E-state index in [9.17, 15) is 13.6 Å². The van der Waals surface area contributed by atoms with Crippen LogP contribution in [0, 0.1) is 18.6 Å². The Kier molecular flexibility index (Phi) is 4.54. The second-order valence-corrected chi connectivity index (χ2v) is 6.78. The van der Waals surface area contributed by atoms with Crippen LogP contribution in [0.3, 0.4) is 0 Å². The maximum Gasteiger partial charge on any atom is 0.274 e. The van der Waals surface area contributed by atoms with Gasteiger partial charge in [-0.1, -0.05) is 5.21 Å². The summed E-state index contributed by atoms with van der Waals surface area (Å²) in [5.74, 6) is -0.991. The van der Waals surface area contributed by atoms with Crippen LogP contribution in [-0.2, 0) is 7.05 Å². The summed E-state index contributed by atoms with van der Waals surface area (Å²) in [6, 6.07) is 5.10. The van der Waals surface area contributed by atoms with E-state index in [1.54, 1.807) is 35.8 Å². The molecule has 1 aromatic carbocycles. The molecule has 1 unspecified atom stereocenters. The Morgan fingerprint density at radius 3 is 2.82 bits per heavy atom. The summed E-state index contributed by atoms with van der Waals surface area (Å²) in [6.45, 7) is 2.74. The summed E-state index contributed by atoms with van der Waals surface area (Å²) in [7, 11) is 1.79. The maximum atomic E-state index is 14.0. The van der Waals surface area contributed by atoms with E-state index >= 15 is 0 Å². The van der Waals surface area contributed by atoms with Gasteiger partial charge in [0, 0.05) is 44.5 Å². The quantitative estimate of drug-likeness (QED) is 0.736. The van der Waals surface area contributed by atoms with E-state index < -0.39 is 11.6 Å². The number of aryl methyl sites for hydroxylation is 1. The first-order chi connectivity index (χ1) is 13.4. The number of halogens is 2. The normalized spacial score (nSPS) is 16.6. The first-order valence-corrected chi connectivity index (χ1v) is 8.85. The lowest BCUT2D eigenvalue weighted by Crippen LogP contribution is -2.37. The monoisotopic (exact) mass is 387 g/mol. The van der Waals surface area contributed by atoms with Crippen molar-refractivity contribution in [1.82, 2.24) is 30.1 Å². The number of amides is 1. The minimum absolute atomic E-state index is 0.170. The van der Waals surface area contributed by atoms with E-state index in [2.05, 4.69) is 20.7 Å². The third-order valence-electron chi connectivity index (χ3n) is 4.80. The highest BCUT2D eigenvalue weighted by molar-refractivity contribution is 5.93. The highest BCUT2D eigenvalue weighted by atomic mass is 19.1. The summed E-state index contributed by atoms with van der Waals surface area (Å²) < 4.78 is 30.2. The van der Waals surface area contributed by atoms with Gasteiger partial charge in [0.05, 0.1) is 11.4 Å². The van der Waals surface area contributed by atoms with Crippen molar-refractivity contribution >= 4 is 11.6 Å². The minimum atomic E-state index is -0.614. The third kappa shape index (κ3) is 3.32. The van der Waals surface area contributed by atoms with E-state index in [1.807, 2.05) is 0 Å². The van der Waals surface area contributed by atoms with E-state index in [0.717, 1.165) is 6.07 Å². The van der Waals surface area contributed by atoms with Crippen LogP contribution < -0.4 is 10.2 Å². The zero-order valence-electron chi connectivity index (χ0n) is 15.4. The Morgan fingerprint density at radius 2 is 2.11 bits per heavy atom. The molecule has 1 atom stereocenters. The van der Waals surface area contributed by atoms with Gasteiger partial charge in [0.15, 0.2) is 11.5 Å². The average Bonchev–Trinajstić information content (AvgIpc) is 3.35. The number of hydrogen-bond acceptors (Lipinski definition) is 5. The second-order valence-electron chi connectivity index (χ2n) is 6.78. The number of nitrogens with zero attached hydrogens (tertiary/aromatic N) is 6. The molecule has 0 spiro atoms. The predicted octanol–water partition coefficient (Wildman–Crippen LogP) is 1.60. The lowest BCUT2D eigenvalue weighted by Gasteiger charge is -2.19. The molecular weight excluding hydrogens is 368 g/mol. The van der Waals surface area contributed by atoms with Gasteiger partial charge in [0.25, 0.3) is 5.91 Å². The number of nitrogens with one attached hydrogen (secondary N) is 1. The van der Waals surface area contributed by atoms with Crippen LogP contribution in [0.4, 0.5) is 14.5 Å². The molecule has 8 nitrogen and oxygen atoms in total. The molecule has 3 heterocycles. The van der Waals surface area contributed by atoms with Gasteiger partial charge in [-0.05, 0) is 25.5 Å². The molecule has 0 aliphatic carbocycles. The topological polar surface area (TPSA) is 80.9 Å². The van der Waals surface area contributed by atoms with Crippen LogP contribution >= 0.6 is 0 Å². The fourth-order valence-corrected chi connectivity index (χ4v) is 3.36. The molecule has 1 amide bonds. The Morgan fingerprint density at radius 1 is 1.29 bits per heavy atom.